The van der Waals surface area contributed by atoms with Gasteiger partial charge in [0, 0.05) is 16.6 Å². The van der Waals surface area contributed by atoms with Gasteiger partial charge in [-0.15, -0.1) is 0 Å². The zero-order valence-electron chi connectivity index (χ0n) is 7.77. The van der Waals surface area contributed by atoms with Gasteiger partial charge in [0.1, 0.15) is 4.32 Å². The molecule has 0 atom stereocenters. The number of halogens is 1. The lowest BCUT2D eigenvalue weighted by Crippen LogP contribution is -2.37. The fourth-order valence-corrected chi connectivity index (χ4v) is 2.85. The molecular weight excluding hydrogens is 294 g/mol. The van der Waals surface area contributed by atoms with Crippen LogP contribution < -0.4 is 4.90 Å². The molecule has 0 unspecified atom stereocenters. The minimum absolute atomic E-state index is 0.0843. The lowest BCUT2D eigenvalue weighted by atomic mass is 10.3. The molecule has 1 aromatic carbocycles. The number of thiocarbonyl (C=S) groups is 1. The van der Waals surface area contributed by atoms with Gasteiger partial charge in [0.05, 0.1) is 5.69 Å². The van der Waals surface area contributed by atoms with Gasteiger partial charge in [-0.3, -0.25) is 9.69 Å². The van der Waals surface area contributed by atoms with Crippen LogP contribution in [0.2, 0.25) is 0 Å². The van der Waals surface area contributed by atoms with Crippen molar-refractivity contribution in [2.24, 2.45) is 0 Å². The summed E-state index contributed by atoms with van der Waals surface area (Å²) in [5.74, 6) is 0.881. The number of hydrogen-bond acceptors (Lipinski definition) is 3. The molecule has 78 valence electrons. The lowest BCUT2D eigenvalue weighted by molar-refractivity contribution is -0.117. The van der Waals surface area contributed by atoms with Gasteiger partial charge in [0.25, 0.3) is 0 Å². The van der Waals surface area contributed by atoms with Crippen LogP contribution in [0.25, 0.3) is 0 Å². The predicted molar refractivity (Wildman–Crippen MR) is 71.3 cm³/mol. The van der Waals surface area contributed by atoms with Crippen LogP contribution in [-0.2, 0) is 4.79 Å². The van der Waals surface area contributed by atoms with Crippen molar-refractivity contribution >= 4 is 55.8 Å². The first-order valence-electron chi connectivity index (χ1n) is 4.44. The van der Waals surface area contributed by atoms with Crippen molar-refractivity contribution in [3.05, 3.63) is 28.7 Å². The highest BCUT2D eigenvalue weighted by molar-refractivity contribution is 9.10. The molecule has 0 bridgehead atoms. The van der Waals surface area contributed by atoms with Crippen LogP contribution in [0.5, 0.6) is 0 Å². The molecule has 1 fully saturated rings. The van der Waals surface area contributed by atoms with Gasteiger partial charge >= 0.3 is 0 Å². The van der Waals surface area contributed by atoms with E-state index in [0.29, 0.717) is 10.7 Å². The standard InChI is InChI=1S/C10H8BrNOS2/c11-7-1-3-8(4-2-7)12-9(13)5-6-15-10(12)14/h1-4H,5-6H2. The molecule has 2 nitrogen and oxygen atoms in total. The van der Waals surface area contributed by atoms with E-state index in [2.05, 4.69) is 15.9 Å². The third-order valence-corrected chi connectivity index (χ3v) is 3.96. The summed E-state index contributed by atoms with van der Waals surface area (Å²) in [6.45, 7) is 0. The number of nitrogens with zero attached hydrogens (tertiary/aromatic N) is 1. The van der Waals surface area contributed by atoms with Crippen LogP contribution in [0.3, 0.4) is 0 Å². The SMILES string of the molecule is O=C1CCSC(=S)N1c1ccc(Br)cc1. The normalized spacial score (nSPS) is 17.0. The summed E-state index contributed by atoms with van der Waals surface area (Å²) in [7, 11) is 0. The Kier molecular flexibility index (Phi) is 3.43. The summed E-state index contributed by atoms with van der Waals surface area (Å²) in [6, 6.07) is 7.59. The fourth-order valence-electron chi connectivity index (χ4n) is 1.34. The van der Waals surface area contributed by atoms with Gasteiger partial charge in [0.2, 0.25) is 5.91 Å². The number of amides is 1. The Hall–Kier alpha value is -0.390. The quantitative estimate of drug-likeness (QED) is 0.743. The van der Waals surface area contributed by atoms with Gasteiger partial charge in [-0.25, -0.2) is 0 Å². The van der Waals surface area contributed by atoms with E-state index < -0.39 is 0 Å². The lowest BCUT2D eigenvalue weighted by Gasteiger charge is -2.26. The first kappa shape index (κ1) is 11.1. The molecule has 0 saturated carbocycles. The zero-order chi connectivity index (χ0) is 10.8. The number of anilines is 1. The van der Waals surface area contributed by atoms with E-state index in [0.717, 1.165) is 15.9 Å². The van der Waals surface area contributed by atoms with Crippen molar-refractivity contribution in [2.45, 2.75) is 6.42 Å². The Morgan fingerprint density at radius 3 is 2.60 bits per heavy atom. The second-order valence-electron chi connectivity index (χ2n) is 3.07. The van der Waals surface area contributed by atoms with Crippen molar-refractivity contribution in [1.82, 2.24) is 0 Å². The average molecular weight is 302 g/mol. The van der Waals surface area contributed by atoms with Gasteiger partial charge in [-0.05, 0) is 24.3 Å². The highest BCUT2D eigenvalue weighted by atomic mass is 79.9. The van der Waals surface area contributed by atoms with E-state index in [1.807, 2.05) is 24.3 Å². The molecule has 1 aromatic rings. The molecule has 1 aliphatic rings. The fraction of sp³-hybridized carbons (Fsp3) is 0.200. The smallest absolute Gasteiger partial charge is 0.233 e. The molecule has 0 aromatic heterocycles. The average Bonchev–Trinajstić information content (AvgIpc) is 2.20. The first-order chi connectivity index (χ1) is 7.18. The summed E-state index contributed by atoms with van der Waals surface area (Å²) < 4.78 is 1.64. The van der Waals surface area contributed by atoms with E-state index in [1.165, 1.54) is 0 Å². The second-order valence-corrected chi connectivity index (χ2v) is 5.71. The summed E-state index contributed by atoms with van der Waals surface area (Å²) in [5, 5.41) is 0. The highest BCUT2D eigenvalue weighted by Gasteiger charge is 2.24. The largest absolute Gasteiger partial charge is 0.274 e. The van der Waals surface area contributed by atoms with Gasteiger partial charge < -0.3 is 0 Å². The maximum Gasteiger partial charge on any atom is 0.233 e. The van der Waals surface area contributed by atoms with Crippen LogP contribution >= 0.6 is 39.9 Å². The topological polar surface area (TPSA) is 20.3 Å². The van der Waals surface area contributed by atoms with E-state index >= 15 is 0 Å². The monoisotopic (exact) mass is 301 g/mol. The number of thioether (sulfide) groups is 1. The van der Waals surface area contributed by atoms with Crippen molar-refractivity contribution in [3.63, 3.8) is 0 Å². The number of carbonyl (C=O) groups excluding carboxylic acids is 1. The molecule has 0 aliphatic carbocycles. The summed E-state index contributed by atoms with van der Waals surface area (Å²) >= 11 is 10.1. The molecular formula is C10H8BrNOS2. The van der Waals surface area contributed by atoms with Gasteiger partial charge in [0.15, 0.2) is 0 Å². The number of benzene rings is 1. The molecule has 0 spiro atoms. The van der Waals surface area contributed by atoms with Crippen molar-refractivity contribution < 1.29 is 4.79 Å². The van der Waals surface area contributed by atoms with Crippen LogP contribution in [-0.4, -0.2) is 16.0 Å². The van der Waals surface area contributed by atoms with E-state index in [4.69, 9.17) is 12.2 Å². The van der Waals surface area contributed by atoms with E-state index in [-0.39, 0.29) is 5.91 Å². The summed E-state index contributed by atoms with van der Waals surface area (Å²) in [6.07, 6.45) is 0.556. The minimum atomic E-state index is 0.0843. The third-order valence-electron chi connectivity index (χ3n) is 2.06. The van der Waals surface area contributed by atoms with Crippen LogP contribution in [0.4, 0.5) is 5.69 Å². The van der Waals surface area contributed by atoms with Crippen molar-refractivity contribution in [2.75, 3.05) is 10.7 Å². The van der Waals surface area contributed by atoms with Crippen LogP contribution in [0, 0.1) is 0 Å². The summed E-state index contributed by atoms with van der Waals surface area (Å²) in [4.78, 5) is 13.3. The Bertz CT molecular complexity index is 388. The molecule has 1 heterocycles. The van der Waals surface area contributed by atoms with Crippen LogP contribution in [0.1, 0.15) is 6.42 Å². The minimum Gasteiger partial charge on any atom is -0.274 e. The van der Waals surface area contributed by atoms with Gasteiger partial charge in [-0.2, -0.15) is 0 Å². The second kappa shape index (κ2) is 4.63. The van der Waals surface area contributed by atoms with Crippen LogP contribution in [0.15, 0.2) is 28.7 Å². The number of carbonyl (C=O) groups is 1. The van der Waals surface area contributed by atoms with E-state index in [9.17, 15) is 4.79 Å². The summed E-state index contributed by atoms with van der Waals surface area (Å²) in [5.41, 5.74) is 0.848. The predicted octanol–water partition coefficient (Wildman–Crippen LogP) is 3.20. The molecule has 1 aliphatic heterocycles. The number of hydrogen-bond donors (Lipinski definition) is 0. The Morgan fingerprint density at radius 1 is 1.33 bits per heavy atom. The molecule has 0 N–H and O–H groups in total. The number of rotatable bonds is 1. The maximum absolute atomic E-state index is 11.7. The van der Waals surface area contributed by atoms with Crippen molar-refractivity contribution in [1.29, 1.82) is 0 Å². The zero-order valence-corrected chi connectivity index (χ0v) is 11.0. The van der Waals surface area contributed by atoms with Gasteiger partial charge in [-0.1, -0.05) is 39.9 Å². The molecule has 1 saturated heterocycles. The van der Waals surface area contributed by atoms with E-state index in [1.54, 1.807) is 16.7 Å². The Morgan fingerprint density at radius 2 is 2.00 bits per heavy atom. The Labute approximate surface area is 106 Å². The molecule has 15 heavy (non-hydrogen) atoms. The molecule has 5 heteroatoms. The molecule has 0 radical (unpaired) electrons. The highest BCUT2D eigenvalue weighted by Crippen LogP contribution is 2.26. The third kappa shape index (κ3) is 2.41. The Balaban J connectivity index is 2.31. The maximum atomic E-state index is 11.7. The molecule has 1 amide bonds. The molecule has 2 rings (SSSR count). The van der Waals surface area contributed by atoms with Crippen molar-refractivity contribution in [3.8, 4) is 0 Å². The first-order valence-corrected chi connectivity index (χ1v) is 6.62.